The maximum atomic E-state index is 13.0. The van der Waals surface area contributed by atoms with Crippen LogP contribution in [0.4, 0.5) is 18.9 Å². The van der Waals surface area contributed by atoms with E-state index in [1.807, 2.05) is 0 Å². The minimum atomic E-state index is -4.65. The van der Waals surface area contributed by atoms with Crippen molar-refractivity contribution >= 4 is 40.3 Å². The third-order valence-corrected chi connectivity index (χ3v) is 6.19. The van der Waals surface area contributed by atoms with Gasteiger partial charge in [0.1, 0.15) is 16.9 Å². The Labute approximate surface area is 206 Å². The van der Waals surface area contributed by atoms with Crippen molar-refractivity contribution in [2.75, 3.05) is 5.32 Å². The molecule has 0 radical (unpaired) electrons. The predicted octanol–water partition coefficient (Wildman–Crippen LogP) is 5.74. The van der Waals surface area contributed by atoms with Gasteiger partial charge in [-0.2, -0.15) is 13.2 Å². The zero-order valence-corrected chi connectivity index (χ0v) is 19.3. The van der Waals surface area contributed by atoms with Gasteiger partial charge in [-0.3, -0.25) is 14.6 Å². The average Bonchev–Trinajstić information content (AvgIpc) is 3.33. The number of anilines is 1. The summed E-state index contributed by atoms with van der Waals surface area (Å²) >= 11 is 6.65. The van der Waals surface area contributed by atoms with E-state index >= 15 is 0 Å². The van der Waals surface area contributed by atoms with Crippen LogP contribution in [0, 0.1) is 0 Å². The van der Waals surface area contributed by atoms with E-state index < -0.39 is 22.7 Å². The van der Waals surface area contributed by atoms with Crippen molar-refractivity contribution in [3.05, 3.63) is 87.5 Å². The number of aromatic nitrogens is 4. The zero-order chi connectivity index (χ0) is 25.0. The van der Waals surface area contributed by atoms with Gasteiger partial charge in [-0.1, -0.05) is 11.6 Å². The lowest BCUT2D eigenvalue weighted by Crippen LogP contribution is -2.12. The predicted molar refractivity (Wildman–Crippen MR) is 124 cm³/mol. The number of hydrogen-bond donors (Lipinski definition) is 1. The molecule has 0 aliphatic heterocycles. The largest absolute Gasteiger partial charge is 0.417 e. The second kappa shape index (κ2) is 10.3. The van der Waals surface area contributed by atoms with Gasteiger partial charge in [-0.15, -0.1) is 11.3 Å². The molecular weight excluding hydrogens is 503 g/mol. The number of ketones is 1. The minimum absolute atomic E-state index is 0.0504. The second-order valence-electron chi connectivity index (χ2n) is 7.21. The van der Waals surface area contributed by atoms with Crippen LogP contribution in [0.1, 0.15) is 37.2 Å². The third kappa shape index (κ3) is 6.06. The number of nitrogens with one attached hydrogen (secondary N) is 1. The number of alkyl halides is 3. The molecule has 0 unspecified atom stereocenters. The van der Waals surface area contributed by atoms with Gasteiger partial charge in [0.05, 0.1) is 27.5 Å². The minimum Gasteiger partial charge on any atom is -0.321 e. The molecular formula is C23H15ClF3N5O2S. The van der Waals surface area contributed by atoms with E-state index in [2.05, 4.69) is 25.3 Å². The summed E-state index contributed by atoms with van der Waals surface area (Å²) in [4.78, 5) is 41.6. The van der Waals surface area contributed by atoms with Gasteiger partial charge < -0.3 is 5.32 Å². The molecule has 3 aromatic heterocycles. The van der Waals surface area contributed by atoms with Gasteiger partial charge in [-0.05, 0) is 36.4 Å². The molecule has 0 saturated heterocycles. The summed E-state index contributed by atoms with van der Waals surface area (Å²) in [5, 5.41) is 2.47. The molecule has 1 amide bonds. The summed E-state index contributed by atoms with van der Waals surface area (Å²) in [5.41, 5.74) is 0.553. The maximum absolute atomic E-state index is 13.0. The van der Waals surface area contributed by atoms with Gasteiger partial charge in [0, 0.05) is 36.5 Å². The fraction of sp³-hybridized carbons (Fsp3) is 0.130. The molecule has 35 heavy (non-hydrogen) atoms. The number of halogens is 4. The molecule has 1 aromatic carbocycles. The number of rotatable bonds is 7. The normalized spacial score (nSPS) is 11.3. The maximum Gasteiger partial charge on any atom is 0.417 e. The summed E-state index contributed by atoms with van der Waals surface area (Å²) < 4.78 is 39.1. The first-order valence-electron chi connectivity index (χ1n) is 10.1. The van der Waals surface area contributed by atoms with Gasteiger partial charge >= 0.3 is 6.18 Å². The third-order valence-electron chi connectivity index (χ3n) is 4.80. The van der Waals surface area contributed by atoms with Crippen molar-refractivity contribution in [3.8, 4) is 11.3 Å². The molecule has 1 N–H and O–H groups in total. The quantitative estimate of drug-likeness (QED) is 0.314. The fourth-order valence-corrected chi connectivity index (χ4v) is 4.12. The van der Waals surface area contributed by atoms with Crippen molar-refractivity contribution in [1.29, 1.82) is 0 Å². The molecule has 0 atom stereocenters. The van der Waals surface area contributed by atoms with Crippen LogP contribution >= 0.6 is 22.9 Å². The highest BCUT2D eigenvalue weighted by molar-refractivity contribution is 7.13. The van der Waals surface area contributed by atoms with E-state index in [1.165, 1.54) is 18.6 Å². The number of carbonyl (C=O) groups excluding carboxylic acids is 2. The van der Waals surface area contributed by atoms with Crippen LogP contribution in [-0.2, 0) is 12.6 Å². The molecule has 4 rings (SSSR count). The number of aryl methyl sites for hydroxylation is 1. The Morgan fingerprint density at radius 1 is 1.03 bits per heavy atom. The average molecular weight is 518 g/mol. The Morgan fingerprint density at radius 2 is 1.80 bits per heavy atom. The molecule has 0 aliphatic rings. The molecule has 3 heterocycles. The van der Waals surface area contributed by atoms with Crippen molar-refractivity contribution in [3.63, 3.8) is 0 Å². The van der Waals surface area contributed by atoms with Crippen LogP contribution in [0.3, 0.4) is 0 Å². The molecule has 0 fully saturated rings. The highest BCUT2D eigenvalue weighted by atomic mass is 35.5. The van der Waals surface area contributed by atoms with Crippen LogP contribution in [0.2, 0.25) is 5.02 Å². The Morgan fingerprint density at radius 3 is 2.54 bits per heavy atom. The standard InChI is InChI=1S/C23H15ClF3N5O2S/c24-16-2-1-14(9-15(16)23(25,26)27)32-22(34)20-11-29-21(35-20)4-3-19(33)18-10-17(30-12-31-18)13-5-7-28-8-6-13/h1-2,5-12H,3-4H2,(H,32,34). The first-order valence-corrected chi connectivity index (χ1v) is 11.3. The summed E-state index contributed by atoms with van der Waals surface area (Å²) in [6, 6.07) is 8.25. The summed E-state index contributed by atoms with van der Waals surface area (Å²) in [7, 11) is 0. The SMILES string of the molecule is O=C(CCc1ncc(C(=O)Nc2ccc(Cl)c(C(F)(F)F)c2)s1)c1cc(-c2ccncc2)ncn1. The monoisotopic (exact) mass is 517 g/mol. The van der Waals surface area contributed by atoms with Crippen molar-refractivity contribution in [2.24, 2.45) is 0 Å². The van der Waals surface area contributed by atoms with E-state index in [-0.39, 0.29) is 34.9 Å². The molecule has 7 nitrogen and oxygen atoms in total. The van der Waals surface area contributed by atoms with Crippen LogP contribution in [-0.4, -0.2) is 31.6 Å². The molecule has 0 spiro atoms. The smallest absolute Gasteiger partial charge is 0.321 e. The first kappa shape index (κ1) is 24.4. The lowest BCUT2D eigenvalue weighted by Gasteiger charge is -2.11. The molecule has 0 aliphatic carbocycles. The number of pyridine rings is 1. The highest BCUT2D eigenvalue weighted by Gasteiger charge is 2.33. The number of amides is 1. The Balaban J connectivity index is 1.38. The van der Waals surface area contributed by atoms with Crippen LogP contribution < -0.4 is 5.32 Å². The van der Waals surface area contributed by atoms with Crippen molar-refractivity contribution < 1.29 is 22.8 Å². The highest BCUT2D eigenvalue weighted by Crippen LogP contribution is 2.36. The number of carbonyl (C=O) groups is 2. The summed E-state index contributed by atoms with van der Waals surface area (Å²) in [6.07, 6.45) is 1.60. The van der Waals surface area contributed by atoms with Crippen LogP contribution in [0.5, 0.6) is 0 Å². The van der Waals surface area contributed by atoms with Gasteiger partial charge in [0.15, 0.2) is 5.78 Å². The number of Topliss-reactive ketones (excluding diaryl/α,β-unsaturated/α-hetero) is 1. The van der Waals surface area contributed by atoms with E-state index in [9.17, 15) is 22.8 Å². The Bertz CT molecular complexity index is 1380. The lowest BCUT2D eigenvalue weighted by molar-refractivity contribution is -0.137. The Hall–Kier alpha value is -3.70. The molecule has 178 valence electrons. The first-order chi connectivity index (χ1) is 16.7. The van der Waals surface area contributed by atoms with Gasteiger partial charge in [0.25, 0.3) is 5.91 Å². The van der Waals surface area contributed by atoms with Crippen LogP contribution in [0.25, 0.3) is 11.3 Å². The summed E-state index contributed by atoms with van der Waals surface area (Å²) in [6.45, 7) is 0. The van der Waals surface area contributed by atoms with Crippen molar-refractivity contribution in [1.82, 2.24) is 19.9 Å². The van der Waals surface area contributed by atoms with Crippen molar-refractivity contribution in [2.45, 2.75) is 19.0 Å². The zero-order valence-electron chi connectivity index (χ0n) is 17.7. The van der Waals surface area contributed by atoms with Gasteiger partial charge in [0.2, 0.25) is 0 Å². The van der Waals surface area contributed by atoms with E-state index in [0.717, 1.165) is 29.0 Å². The molecule has 4 aromatic rings. The number of nitrogens with zero attached hydrogens (tertiary/aromatic N) is 4. The van der Waals surface area contributed by atoms with E-state index in [0.29, 0.717) is 10.7 Å². The molecule has 0 saturated carbocycles. The van der Waals surface area contributed by atoms with E-state index in [4.69, 9.17) is 11.6 Å². The second-order valence-corrected chi connectivity index (χ2v) is 8.73. The number of hydrogen-bond acceptors (Lipinski definition) is 7. The topological polar surface area (TPSA) is 97.7 Å². The molecule has 0 bridgehead atoms. The van der Waals surface area contributed by atoms with Gasteiger partial charge in [-0.25, -0.2) is 15.0 Å². The number of benzene rings is 1. The van der Waals surface area contributed by atoms with E-state index in [1.54, 1.807) is 30.6 Å². The summed E-state index contributed by atoms with van der Waals surface area (Å²) in [5.74, 6) is -0.835. The Kier molecular flexibility index (Phi) is 7.17. The number of thiazole rings is 1. The fourth-order valence-electron chi connectivity index (χ4n) is 3.08. The lowest BCUT2D eigenvalue weighted by atomic mass is 10.1. The molecule has 12 heteroatoms. The van der Waals surface area contributed by atoms with Crippen LogP contribution in [0.15, 0.2) is 61.3 Å².